The summed E-state index contributed by atoms with van der Waals surface area (Å²) >= 11 is 5.38. The van der Waals surface area contributed by atoms with Crippen molar-refractivity contribution in [1.82, 2.24) is 5.32 Å². The van der Waals surface area contributed by atoms with Crippen LogP contribution in [0.4, 0.5) is 0 Å². The number of halogens is 1. The Morgan fingerprint density at radius 3 is 2.30 bits per heavy atom. The Morgan fingerprint density at radius 2 is 1.80 bits per heavy atom. The molecule has 1 aromatic heterocycles. The van der Waals surface area contributed by atoms with Crippen LogP contribution in [0.25, 0.3) is 0 Å². The number of hydrogen-bond donors (Lipinski definition) is 1. The van der Waals surface area contributed by atoms with Gasteiger partial charge in [-0.05, 0) is 72.4 Å². The van der Waals surface area contributed by atoms with Gasteiger partial charge < -0.3 is 5.32 Å². The molecule has 0 aliphatic rings. The first-order valence-corrected chi connectivity index (χ1v) is 8.72. The van der Waals surface area contributed by atoms with Gasteiger partial charge in [-0.2, -0.15) is 0 Å². The Labute approximate surface area is 134 Å². The molecule has 0 radical (unpaired) electrons. The summed E-state index contributed by atoms with van der Waals surface area (Å²) in [6, 6.07) is 7.21. The van der Waals surface area contributed by atoms with E-state index in [1.54, 1.807) is 0 Å². The first-order valence-electron chi connectivity index (χ1n) is 7.05. The summed E-state index contributed by atoms with van der Waals surface area (Å²) in [5.74, 6) is 0. The minimum atomic E-state index is 0.399. The smallest absolute Gasteiger partial charge is 0.0456 e. The number of thiophene rings is 1. The Kier molecular flexibility index (Phi) is 5.42. The third-order valence-corrected chi connectivity index (χ3v) is 5.44. The fraction of sp³-hybridized carbons (Fsp3) is 0.412. The highest BCUT2D eigenvalue weighted by molar-refractivity contribution is 9.10. The van der Waals surface area contributed by atoms with Crippen molar-refractivity contribution in [3.05, 3.63) is 55.2 Å². The van der Waals surface area contributed by atoms with E-state index >= 15 is 0 Å². The molecule has 1 heterocycles. The van der Waals surface area contributed by atoms with Crippen LogP contribution in [0.1, 0.15) is 40.1 Å². The molecule has 1 nitrogen and oxygen atoms in total. The van der Waals surface area contributed by atoms with Crippen molar-refractivity contribution in [2.75, 3.05) is 6.54 Å². The quantitative estimate of drug-likeness (QED) is 0.767. The van der Waals surface area contributed by atoms with Crippen LogP contribution < -0.4 is 5.32 Å². The SMILES string of the molecule is CCNC(Cc1c(C)cc(C)cc1C)c1cc(Br)cs1. The summed E-state index contributed by atoms with van der Waals surface area (Å²) in [5, 5.41) is 5.78. The third-order valence-electron chi connectivity index (χ3n) is 3.63. The van der Waals surface area contributed by atoms with Crippen molar-refractivity contribution in [2.45, 2.75) is 40.2 Å². The molecule has 3 heteroatoms. The van der Waals surface area contributed by atoms with Gasteiger partial charge in [-0.25, -0.2) is 0 Å². The van der Waals surface area contributed by atoms with Crippen LogP contribution in [0.3, 0.4) is 0 Å². The fourth-order valence-corrected chi connectivity index (χ4v) is 4.29. The van der Waals surface area contributed by atoms with Crippen molar-refractivity contribution in [1.29, 1.82) is 0 Å². The largest absolute Gasteiger partial charge is 0.309 e. The van der Waals surface area contributed by atoms with Crippen molar-refractivity contribution < 1.29 is 0 Å². The molecule has 0 saturated carbocycles. The van der Waals surface area contributed by atoms with E-state index in [1.807, 2.05) is 11.3 Å². The minimum Gasteiger partial charge on any atom is -0.309 e. The van der Waals surface area contributed by atoms with E-state index in [0.29, 0.717) is 6.04 Å². The topological polar surface area (TPSA) is 12.0 Å². The number of nitrogens with one attached hydrogen (secondary N) is 1. The average molecular weight is 352 g/mol. The van der Waals surface area contributed by atoms with Crippen LogP contribution in [0, 0.1) is 20.8 Å². The Bertz CT molecular complexity index is 565. The zero-order chi connectivity index (χ0) is 14.7. The predicted molar refractivity (Wildman–Crippen MR) is 92.8 cm³/mol. The van der Waals surface area contributed by atoms with Crippen LogP contribution in [0.2, 0.25) is 0 Å². The molecule has 0 fully saturated rings. The molecule has 0 aliphatic carbocycles. The van der Waals surface area contributed by atoms with E-state index in [-0.39, 0.29) is 0 Å². The highest BCUT2D eigenvalue weighted by Gasteiger charge is 2.16. The van der Waals surface area contributed by atoms with Gasteiger partial charge in [0.05, 0.1) is 0 Å². The summed E-state index contributed by atoms with van der Waals surface area (Å²) in [5.41, 5.74) is 5.63. The van der Waals surface area contributed by atoms with Crippen LogP contribution in [0.15, 0.2) is 28.1 Å². The Balaban J connectivity index is 2.29. The maximum atomic E-state index is 3.62. The molecule has 108 valence electrons. The minimum absolute atomic E-state index is 0.399. The van der Waals surface area contributed by atoms with Gasteiger partial charge in [0.25, 0.3) is 0 Å². The van der Waals surface area contributed by atoms with Crippen LogP contribution in [0.5, 0.6) is 0 Å². The molecule has 2 rings (SSSR count). The molecule has 0 saturated heterocycles. The van der Waals surface area contributed by atoms with Gasteiger partial charge in [-0.1, -0.05) is 24.6 Å². The third kappa shape index (κ3) is 3.72. The Hall–Kier alpha value is -0.640. The maximum absolute atomic E-state index is 3.62. The molecular weight excluding hydrogens is 330 g/mol. The fourth-order valence-electron chi connectivity index (χ4n) is 2.77. The lowest BCUT2D eigenvalue weighted by Gasteiger charge is -2.20. The maximum Gasteiger partial charge on any atom is 0.0456 e. The molecule has 0 amide bonds. The molecule has 0 spiro atoms. The first kappa shape index (κ1) is 15.7. The van der Waals surface area contributed by atoms with Crippen LogP contribution in [-0.4, -0.2) is 6.54 Å². The zero-order valence-corrected chi connectivity index (χ0v) is 15.0. The van der Waals surface area contributed by atoms with E-state index in [1.165, 1.54) is 31.6 Å². The van der Waals surface area contributed by atoms with Gasteiger partial charge in [0.15, 0.2) is 0 Å². The van der Waals surface area contributed by atoms with E-state index in [2.05, 4.69) is 72.5 Å². The van der Waals surface area contributed by atoms with E-state index in [4.69, 9.17) is 0 Å². The first-order chi connectivity index (χ1) is 9.51. The van der Waals surface area contributed by atoms with Crippen molar-refractivity contribution in [3.8, 4) is 0 Å². The molecule has 2 aromatic rings. The number of rotatable bonds is 5. The van der Waals surface area contributed by atoms with E-state index < -0.39 is 0 Å². The van der Waals surface area contributed by atoms with E-state index in [9.17, 15) is 0 Å². The van der Waals surface area contributed by atoms with Gasteiger partial charge >= 0.3 is 0 Å². The summed E-state index contributed by atoms with van der Waals surface area (Å²) < 4.78 is 1.18. The molecule has 1 N–H and O–H groups in total. The number of hydrogen-bond acceptors (Lipinski definition) is 2. The zero-order valence-electron chi connectivity index (χ0n) is 12.6. The number of benzene rings is 1. The van der Waals surface area contributed by atoms with Gasteiger partial charge in [-0.3, -0.25) is 0 Å². The summed E-state index contributed by atoms with van der Waals surface area (Å²) in [6.07, 6.45) is 1.05. The van der Waals surface area contributed by atoms with Crippen molar-refractivity contribution >= 4 is 27.3 Å². The predicted octanol–water partition coefficient (Wildman–Crippen LogP) is 5.33. The van der Waals surface area contributed by atoms with Gasteiger partial charge in [0, 0.05) is 20.8 Å². The second-order valence-corrected chi connectivity index (χ2v) is 7.22. The van der Waals surface area contributed by atoms with E-state index in [0.717, 1.165) is 13.0 Å². The summed E-state index contributed by atoms with van der Waals surface area (Å²) in [6.45, 7) is 9.78. The highest BCUT2D eigenvalue weighted by atomic mass is 79.9. The lowest BCUT2D eigenvalue weighted by molar-refractivity contribution is 0.556. The lowest BCUT2D eigenvalue weighted by Crippen LogP contribution is -2.22. The van der Waals surface area contributed by atoms with Crippen LogP contribution in [-0.2, 0) is 6.42 Å². The van der Waals surface area contributed by atoms with Gasteiger partial charge in [-0.15, -0.1) is 11.3 Å². The average Bonchev–Trinajstić information content (AvgIpc) is 2.79. The molecule has 1 aromatic carbocycles. The van der Waals surface area contributed by atoms with Crippen molar-refractivity contribution in [2.24, 2.45) is 0 Å². The molecule has 1 atom stereocenters. The normalized spacial score (nSPS) is 12.7. The standard InChI is InChI=1S/C17H22BrNS/c1-5-19-16(17-8-14(18)10-20-17)9-15-12(3)6-11(2)7-13(15)4/h6-8,10,16,19H,5,9H2,1-4H3. The molecule has 0 bridgehead atoms. The molecule has 0 aliphatic heterocycles. The number of likely N-dealkylation sites (N-methyl/N-ethyl adjacent to an activating group) is 1. The second-order valence-electron chi connectivity index (χ2n) is 5.36. The van der Waals surface area contributed by atoms with Gasteiger partial charge in [0.1, 0.15) is 0 Å². The Morgan fingerprint density at radius 1 is 1.15 bits per heavy atom. The monoisotopic (exact) mass is 351 g/mol. The van der Waals surface area contributed by atoms with Gasteiger partial charge in [0.2, 0.25) is 0 Å². The highest BCUT2D eigenvalue weighted by Crippen LogP contribution is 2.30. The summed E-state index contributed by atoms with van der Waals surface area (Å²) in [4.78, 5) is 1.40. The molecule has 20 heavy (non-hydrogen) atoms. The summed E-state index contributed by atoms with van der Waals surface area (Å²) in [7, 11) is 0. The van der Waals surface area contributed by atoms with Crippen molar-refractivity contribution in [3.63, 3.8) is 0 Å². The molecule has 1 unspecified atom stereocenters. The van der Waals surface area contributed by atoms with Crippen LogP contribution >= 0.6 is 27.3 Å². The molecular formula is C17H22BrNS. The second kappa shape index (κ2) is 6.88. The lowest BCUT2D eigenvalue weighted by atomic mass is 9.94. The number of aryl methyl sites for hydroxylation is 3.